The smallest absolute Gasteiger partial charge is 0.237 e. The maximum Gasteiger partial charge on any atom is 0.237 e. The van der Waals surface area contributed by atoms with E-state index in [9.17, 15) is 9.59 Å². The van der Waals surface area contributed by atoms with Crippen molar-refractivity contribution in [2.75, 3.05) is 11.4 Å². The van der Waals surface area contributed by atoms with E-state index >= 15 is 0 Å². The van der Waals surface area contributed by atoms with Crippen molar-refractivity contribution < 1.29 is 9.59 Å². The number of fused-ring (bicyclic) bond motifs is 1. The van der Waals surface area contributed by atoms with Crippen LogP contribution >= 0.6 is 0 Å². The summed E-state index contributed by atoms with van der Waals surface area (Å²) in [5.41, 5.74) is 7.72. The summed E-state index contributed by atoms with van der Waals surface area (Å²) in [6.07, 6.45) is 2.61. The molecule has 0 spiro atoms. The van der Waals surface area contributed by atoms with Gasteiger partial charge in [0.15, 0.2) is 0 Å². The maximum atomic E-state index is 12.6. The lowest BCUT2D eigenvalue weighted by Gasteiger charge is -2.18. The fourth-order valence-electron chi connectivity index (χ4n) is 3.31. The normalized spacial score (nSPS) is 24.0. The van der Waals surface area contributed by atoms with Crippen molar-refractivity contribution in [3.63, 3.8) is 0 Å². The van der Waals surface area contributed by atoms with Crippen molar-refractivity contribution in [1.82, 2.24) is 0 Å². The quantitative estimate of drug-likeness (QED) is 0.628. The van der Waals surface area contributed by atoms with Crippen LogP contribution in [-0.2, 0) is 9.59 Å². The van der Waals surface area contributed by atoms with Gasteiger partial charge in [-0.3, -0.25) is 9.59 Å². The molecule has 2 fully saturated rings. The molecule has 1 heterocycles. The number of carbonyl (C=O) groups excluding carboxylic acids is 2. The molecule has 2 atom stereocenters. The Balaban J connectivity index is 2.06. The zero-order chi connectivity index (χ0) is 15.0. The molecular weight excluding hydrogens is 264 g/mol. The molecule has 2 N–H and O–H groups in total. The van der Waals surface area contributed by atoms with Gasteiger partial charge in [0.05, 0.1) is 24.1 Å². The minimum absolute atomic E-state index is 0.0658. The lowest BCUT2D eigenvalue weighted by Crippen LogP contribution is -2.32. The summed E-state index contributed by atoms with van der Waals surface area (Å²) in [6, 6.07) is 5.63. The molecule has 2 amide bonds. The van der Waals surface area contributed by atoms with Gasteiger partial charge in [-0.05, 0) is 37.5 Å². The van der Waals surface area contributed by atoms with Gasteiger partial charge in [0.1, 0.15) is 0 Å². The largest absolute Gasteiger partial charge is 0.320 e. The number of anilines is 1. The summed E-state index contributed by atoms with van der Waals surface area (Å²) in [6.45, 7) is 2.19. The molecule has 1 saturated heterocycles. The van der Waals surface area contributed by atoms with Crippen molar-refractivity contribution in [3.8, 4) is 11.8 Å². The van der Waals surface area contributed by atoms with Crippen molar-refractivity contribution in [2.24, 2.45) is 17.6 Å². The minimum atomic E-state index is -0.131. The van der Waals surface area contributed by atoms with Crippen LogP contribution in [0.15, 0.2) is 18.2 Å². The number of hydrogen-bond acceptors (Lipinski definition) is 3. The first-order chi connectivity index (χ1) is 10.1. The molecule has 1 aromatic carbocycles. The van der Waals surface area contributed by atoms with Gasteiger partial charge in [-0.25, -0.2) is 4.90 Å². The Morgan fingerprint density at radius 1 is 1.24 bits per heavy atom. The molecule has 4 nitrogen and oxygen atoms in total. The molecular formula is C17H18N2O2. The molecule has 1 aliphatic heterocycles. The highest BCUT2D eigenvalue weighted by atomic mass is 16.2. The SMILES string of the molecule is Cc1ccc(C#CCN)c(N2C(=O)C3CCCC3C2=O)c1. The summed E-state index contributed by atoms with van der Waals surface area (Å²) in [5, 5.41) is 0. The number of carbonyl (C=O) groups is 2. The van der Waals surface area contributed by atoms with E-state index in [1.165, 1.54) is 4.90 Å². The van der Waals surface area contributed by atoms with E-state index < -0.39 is 0 Å². The first-order valence-electron chi connectivity index (χ1n) is 7.31. The Kier molecular flexibility index (Phi) is 3.52. The molecule has 21 heavy (non-hydrogen) atoms. The van der Waals surface area contributed by atoms with Crippen LogP contribution in [0.2, 0.25) is 0 Å². The number of nitrogens with zero attached hydrogens (tertiary/aromatic N) is 1. The third kappa shape index (κ3) is 2.24. The van der Waals surface area contributed by atoms with Gasteiger partial charge in [0, 0.05) is 5.56 Å². The summed E-state index contributed by atoms with van der Waals surface area (Å²) >= 11 is 0. The standard InChI is InChI=1S/C17H18N2O2/c1-11-7-8-12(4-3-9-18)15(10-11)19-16(20)13-5-2-6-14(13)17(19)21/h7-8,10,13-14H,2,5-6,9,18H2,1H3. The van der Waals surface area contributed by atoms with E-state index in [4.69, 9.17) is 5.73 Å². The van der Waals surface area contributed by atoms with Gasteiger partial charge in [0.2, 0.25) is 11.8 Å². The molecule has 108 valence electrons. The molecule has 1 saturated carbocycles. The van der Waals surface area contributed by atoms with Crippen LogP contribution in [0.5, 0.6) is 0 Å². The molecule has 0 bridgehead atoms. The average Bonchev–Trinajstić information content (AvgIpc) is 3.03. The highest BCUT2D eigenvalue weighted by Crippen LogP contribution is 2.42. The summed E-state index contributed by atoms with van der Waals surface area (Å²) in [4.78, 5) is 26.5. The minimum Gasteiger partial charge on any atom is -0.320 e. The monoisotopic (exact) mass is 282 g/mol. The van der Waals surface area contributed by atoms with Crippen LogP contribution in [-0.4, -0.2) is 18.4 Å². The number of nitrogens with two attached hydrogens (primary N) is 1. The first-order valence-corrected chi connectivity index (χ1v) is 7.31. The van der Waals surface area contributed by atoms with Crippen LogP contribution < -0.4 is 10.6 Å². The third-order valence-corrected chi connectivity index (χ3v) is 4.31. The number of amides is 2. The van der Waals surface area contributed by atoms with E-state index in [1.54, 1.807) is 0 Å². The number of imide groups is 1. The molecule has 2 unspecified atom stereocenters. The summed E-state index contributed by atoms with van der Waals surface area (Å²) in [7, 11) is 0. The van der Waals surface area contributed by atoms with Crippen LogP contribution in [0.25, 0.3) is 0 Å². The molecule has 0 radical (unpaired) electrons. The van der Waals surface area contributed by atoms with E-state index in [0.717, 1.165) is 24.8 Å². The van der Waals surface area contributed by atoms with Crippen LogP contribution in [0.1, 0.15) is 30.4 Å². The number of rotatable bonds is 1. The van der Waals surface area contributed by atoms with Crippen molar-refractivity contribution >= 4 is 17.5 Å². The zero-order valence-electron chi connectivity index (χ0n) is 12.1. The number of aryl methyl sites for hydroxylation is 1. The predicted octanol–water partition coefficient (Wildman–Crippen LogP) is 1.59. The molecule has 1 aliphatic carbocycles. The Labute approximate surface area is 124 Å². The lowest BCUT2D eigenvalue weighted by molar-refractivity contribution is -0.122. The Hall–Kier alpha value is -2.12. The van der Waals surface area contributed by atoms with Gasteiger partial charge in [-0.2, -0.15) is 0 Å². The van der Waals surface area contributed by atoms with E-state index in [1.807, 2.05) is 25.1 Å². The lowest BCUT2D eigenvalue weighted by atomic mass is 10.00. The third-order valence-electron chi connectivity index (χ3n) is 4.31. The molecule has 4 heteroatoms. The molecule has 3 rings (SSSR count). The molecule has 1 aromatic rings. The summed E-state index contributed by atoms with van der Waals surface area (Å²) < 4.78 is 0. The van der Waals surface area contributed by atoms with Crippen LogP contribution in [0.4, 0.5) is 5.69 Å². The average molecular weight is 282 g/mol. The van der Waals surface area contributed by atoms with E-state index in [2.05, 4.69) is 11.8 Å². The second-order valence-electron chi connectivity index (χ2n) is 5.68. The van der Waals surface area contributed by atoms with Gasteiger partial charge in [-0.15, -0.1) is 0 Å². The first kappa shape index (κ1) is 13.8. The second kappa shape index (κ2) is 5.34. The van der Waals surface area contributed by atoms with Crippen LogP contribution in [0, 0.1) is 30.6 Å². The maximum absolute atomic E-state index is 12.6. The number of hydrogen-bond donors (Lipinski definition) is 1. The highest BCUT2D eigenvalue weighted by Gasteiger charge is 2.50. The molecule has 2 aliphatic rings. The topological polar surface area (TPSA) is 63.4 Å². The van der Waals surface area contributed by atoms with Crippen molar-refractivity contribution in [1.29, 1.82) is 0 Å². The zero-order valence-corrected chi connectivity index (χ0v) is 12.1. The summed E-state index contributed by atoms with van der Waals surface area (Å²) in [5.74, 6) is 5.37. The van der Waals surface area contributed by atoms with Gasteiger partial charge >= 0.3 is 0 Å². The van der Waals surface area contributed by atoms with Crippen LogP contribution in [0.3, 0.4) is 0 Å². The van der Waals surface area contributed by atoms with Crippen molar-refractivity contribution in [3.05, 3.63) is 29.3 Å². The van der Waals surface area contributed by atoms with Crippen molar-refractivity contribution in [2.45, 2.75) is 26.2 Å². The number of benzene rings is 1. The Morgan fingerprint density at radius 2 is 1.90 bits per heavy atom. The fourth-order valence-corrected chi connectivity index (χ4v) is 3.31. The second-order valence-corrected chi connectivity index (χ2v) is 5.68. The van der Waals surface area contributed by atoms with E-state index in [-0.39, 0.29) is 30.2 Å². The van der Waals surface area contributed by atoms with Gasteiger partial charge in [0.25, 0.3) is 0 Å². The Morgan fingerprint density at radius 3 is 2.52 bits per heavy atom. The van der Waals surface area contributed by atoms with E-state index in [0.29, 0.717) is 11.3 Å². The van der Waals surface area contributed by atoms with Gasteiger partial charge in [-0.1, -0.05) is 24.3 Å². The fraction of sp³-hybridized carbons (Fsp3) is 0.412. The predicted molar refractivity (Wildman–Crippen MR) is 80.4 cm³/mol. The highest BCUT2D eigenvalue weighted by molar-refractivity contribution is 6.22. The Bertz CT molecular complexity index is 647. The molecule has 0 aromatic heterocycles. The van der Waals surface area contributed by atoms with Gasteiger partial charge < -0.3 is 5.73 Å².